The van der Waals surface area contributed by atoms with Crippen molar-refractivity contribution < 1.29 is 14.6 Å². The van der Waals surface area contributed by atoms with Gasteiger partial charge in [-0.2, -0.15) is 0 Å². The predicted octanol–water partition coefficient (Wildman–Crippen LogP) is 1.28. The van der Waals surface area contributed by atoms with Crippen molar-refractivity contribution in [3.8, 4) is 0 Å². The quantitative estimate of drug-likeness (QED) is 0.856. The van der Waals surface area contributed by atoms with Gasteiger partial charge in [0.1, 0.15) is 11.4 Å². The number of nitrogens with zero attached hydrogens (tertiary/aromatic N) is 1. The Morgan fingerprint density at radius 2 is 2.32 bits per heavy atom. The van der Waals surface area contributed by atoms with Crippen LogP contribution < -0.4 is 5.56 Å². The van der Waals surface area contributed by atoms with E-state index in [1.807, 2.05) is 0 Å². The zero-order chi connectivity index (χ0) is 13.8. The third-order valence-corrected chi connectivity index (χ3v) is 3.34. The summed E-state index contributed by atoms with van der Waals surface area (Å²) >= 11 is 0. The van der Waals surface area contributed by atoms with Gasteiger partial charge in [-0.25, -0.2) is 9.78 Å². The molecular weight excluding hydrogens is 248 g/mol. The molecule has 1 saturated heterocycles. The van der Waals surface area contributed by atoms with E-state index >= 15 is 0 Å². The van der Waals surface area contributed by atoms with Gasteiger partial charge in [-0.1, -0.05) is 0 Å². The topological polar surface area (TPSA) is 92.3 Å². The van der Waals surface area contributed by atoms with Gasteiger partial charge in [0, 0.05) is 13.0 Å². The summed E-state index contributed by atoms with van der Waals surface area (Å²) in [7, 11) is 0. The smallest absolute Gasteiger partial charge is 0.343 e. The van der Waals surface area contributed by atoms with E-state index in [2.05, 4.69) is 9.97 Å². The molecule has 0 radical (unpaired) electrons. The van der Waals surface area contributed by atoms with Crippen molar-refractivity contribution >= 4 is 5.97 Å². The van der Waals surface area contributed by atoms with Crippen molar-refractivity contribution in [2.75, 3.05) is 6.61 Å². The number of rotatable bonds is 4. The molecule has 6 heteroatoms. The lowest BCUT2D eigenvalue weighted by atomic mass is 10.0. The lowest BCUT2D eigenvalue weighted by molar-refractivity contribution is 0.0112. The molecule has 0 aliphatic carbocycles. The minimum atomic E-state index is -1.24. The maximum absolute atomic E-state index is 11.6. The van der Waals surface area contributed by atoms with Crippen molar-refractivity contribution in [2.45, 2.75) is 45.1 Å². The Kier molecular flexibility index (Phi) is 4.31. The fourth-order valence-electron chi connectivity index (χ4n) is 2.35. The molecule has 1 aromatic rings. The van der Waals surface area contributed by atoms with E-state index in [1.54, 1.807) is 6.92 Å². The molecular formula is C13H18N2O4. The highest BCUT2D eigenvalue weighted by Crippen LogP contribution is 2.16. The summed E-state index contributed by atoms with van der Waals surface area (Å²) in [6.07, 6.45) is 4.94. The molecule has 19 heavy (non-hydrogen) atoms. The van der Waals surface area contributed by atoms with Crippen molar-refractivity contribution in [3.63, 3.8) is 0 Å². The van der Waals surface area contributed by atoms with Crippen LogP contribution in [0.3, 0.4) is 0 Å². The lowest BCUT2D eigenvalue weighted by Gasteiger charge is -2.22. The number of carboxylic acids is 1. The van der Waals surface area contributed by atoms with E-state index in [4.69, 9.17) is 9.84 Å². The first-order chi connectivity index (χ1) is 9.08. The van der Waals surface area contributed by atoms with Crippen LogP contribution in [-0.4, -0.2) is 33.8 Å². The van der Waals surface area contributed by atoms with Crippen LogP contribution in [0.15, 0.2) is 4.79 Å². The zero-order valence-electron chi connectivity index (χ0n) is 10.9. The number of aryl methyl sites for hydroxylation is 2. The standard InChI is InChI=1S/C13H18N2O4/c1-8-11(13(17)18)12(16)15-10(14-8)6-5-9-4-2-3-7-19-9/h9H,2-7H2,1H3,(H,17,18)(H,14,15,16). The van der Waals surface area contributed by atoms with Crippen molar-refractivity contribution in [1.82, 2.24) is 9.97 Å². The molecule has 1 aliphatic heterocycles. The molecule has 104 valence electrons. The molecule has 1 aliphatic rings. The Morgan fingerprint density at radius 3 is 2.89 bits per heavy atom. The number of carboxylic acid groups (broad SMARTS) is 1. The number of carbonyl (C=O) groups is 1. The van der Waals surface area contributed by atoms with Crippen molar-refractivity contribution in [2.24, 2.45) is 0 Å². The number of aromatic amines is 1. The van der Waals surface area contributed by atoms with Gasteiger partial charge in [0.15, 0.2) is 0 Å². The Bertz CT molecular complexity index is 518. The van der Waals surface area contributed by atoms with Crippen molar-refractivity contribution in [3.05, 3.63) is 27.4 Å². The fraction of sp³-hybridized carbons (Fsp3) is 0.615. The van der Waals surface area contributed by atoms with Gasteiger partial charge in [0.25, 0.3) is 5.56 Å². The van der Waals surface area contributed by atoms with Crippen LogP contribution in [0.2, 0.25) is 0 Å². The number of ether oxygens (including phenoxy) is 1. The van der Waals surface area contributed by atoms with Gasteiger partial charge in [0.2, 0.25) is 0 Å². The largest absolute Gasteiger partial charge is 0.477 e. The van der Waals surface area contributed by atoms with E-state index in [-0.39, 0.29) is 17.4 Å². The molecule has 0 saturated carbocycles. The number of hydrogen-bond acceptors (Lipinski definition) is 4. The molecule has 1 fully saturated rings. The number of aromatic carboxylic acids is 1. The molecule has 2 heterocycles. The molecule has 1 unspecified atom stereocenters. The molecule has 0 aromatic carbocycles. The highest BCUT2D eigenvalue weighted by molar-refractivity contribution is 5.88. The highest BCUT2D eigenvalue weighted by Gasteiger charge is 2.17. The predicted molar refractivity (Wildman–Crippen MR) is 68.5 cm³/mol. The SMILES string of the molecule is Cc1nc(CCC2CCCCO2)[nH]c(=O)c1C(=O)O. The summed E-state index contributed by atoms with van der Waals surface area (Å²) in [4.78, 5) is 29.2. The van der Waals surface area contributed by atoms with Crippen LogP contribution in [-0.2, 0) is 11.2 Å². The average molecular weight is 266 g/mol. The lowest BCUT2D eigenvalue weighted by Crippen LogP contribution is -2.24. The first kappa shape index (κ1) is 13.7. The van der Waals surface area contributed by atoms with Crippen LogP contribution in [0.4, 0.5) is 0 Å². The first-order valence-corrected chi connectivity index (χ1v) is 6.52. The van der Waals surface area contributed by atoms with Crippen LogP contribution in [0.1, 0.15) is 47.6 Å². The Morgan fingerprint density at radius 1 is 1.53 bits per heavy atom. The number of aromatic nitrogens is 2. The van der Waals surface area contributed by atoms with E-state index < -0.39 is 11.5 Å². The number of hydrogen-bond donors (Lipinski definition) is 2. The third-order valence-electron chi connectivity index (χ3n) is 3.34. The van der Waals surface area contributed by atoms with E-state index in [1.165, 1.54) is 6.42 Å². The number of H-pyrrole nitrogens is 1. The highest BCUT2D eigenvalue weighted by atomic mass is 16.5. The van der Waals surface area contributed by atoms with Crippen LogP contribution in [0, 0.1) is 6.92 Å². The minimum absolute atomic E-state index is 0.221. The van der Waals surface area contributed by atoms with Gasteiger partial charge in [-0.3, -0.25) is 4.79 Å². The van der Waals surface area contributed by atoms with Gasteiger partial charge >= 0.3 is 5.97 Å². The second-order valence-electron chi connectivity index (χ2n) is 4.81. The molecule has 0 bridgehead atoms. The fourth-order valence-corrected chi connectivity index (χ4v) is 2.35. The van der Waals surface area contributed by atoms with Gasteiger partial charge in [0.05, 0.1) is 11.8 Å². The monoisotopic (exact) mass is 266 g/mol. The molecule has 2 N–H and O–H groups in total. The summed E-state index contributed by atoms with van der Waals surface area (Å²) in [6, 6.07) is 0. The summed E-state index contributed by atoms with van der Waals surface area (Å²) in [5.41, 5.74) is -0.604. The summed E-state index contributed by atoms with van der Waals surface area (Å²) in [5, 5.41) is 8.89. The van der Waals surface area contributed by atoms with E-state index in [9.17, 15) is 9.59 Å². The Balaban J connectivity index is 2.05. The third kappa shape index (κ3) is 3.41. The van der Waals surface area contributed by atoms with Crippen LogP contribution in [0.5, 0.6) is 0 Å². The van der Waals surface area contributed by atoms with Gasteiger partial charge < -0.3 is 14.8 Å². The normalized spacial score (nSPS) is 19.3. The number of nitrogens with one attached hydrogen (secondary N) is 1. The van der Waals surface area contributed by atoms with E-state index in [0.29, 0.717) is 12.2 Å². The maximum Gasteiger partial charge on any atom is 0.343 e. The van der Waals surface area contributed by atoms with E-state index in [0.717, 1.165) is 25.9 Å². The Labute approximate surface area is 110 Å². The molecule has 0 amide bonds. The van der Waals surface area contributed by atoms with Crippen LogP contribution in [0.25, 0.3) is 0 Å². The second kappa shape index (κ2) is 5.97. The van der Waals surface area contributed by atoms with Gasteiger partial charge in [-0.15, -0.1) is 0 Å². The first-order valence-electron chi connectivity index (χ1n) is 6.52. The maximum atomic E-state index is 11.6. The molecule has 0 spiro atoms. The summed E-state index contributed by atoms with van der Waals surface area (Å²) < 4.78 is 5.61. The second-order valence-corrected chi connectivity index (χ2v) is 4.81. The average Bonchev–Trinajstić information content (AvgIpc) is 2.36. The minimum Gasteiger partial charge on any atom is -0.477 e. The van der Waals surface area contributed by atoms with Crippen molar-refractivity contribution in [1.29, 1.82) is 0 Å². The summed E-state index contributed by atoms with van der Waals surface area (Å²) in [6.45, 7) is 2.34. The molecule has 6 nitrogen and oxygen atoms in total. The molecule has 1 atom stereocenters. The van der Waals surface area contributed by atoms with Crippen LogP contribution >= 0.6 is 0 Å². The molecule has 1 aromatic heterocycles. The molecule has 2 rings (SSSR count). The van der Waals surface area contributed by atoms with Gasteiger partial charge in [-0.05, 0) is 32.6 Å². The Hall–Kier alpha value is -1.69. The summed E-state index contributed by atoms with van der Waals surface area (Å²) in [5.74, 6) is -0.713. The zero-order valence-corrected chi connectivity index (χ0v) is 10.9.